The molecule has 1 aromatic carbocycles. The molecule has 0 saturated heterocycles. The lowest BCUT2D eigenvalue weighted by atomic mass is 9.92. The van der Waals surface area contributed by atoms with E-state index in [4.69, 9.17) is 10.5 Å². The van der Waals surface area contributed by atoms with Gasteiger partial charge in [-0.05, 0) is 64.0 Å². The number of hydrogen-bond donors (Lipinski definition) is 1. The first-order valence-corrected chi connectivity index (χ1v) is 6.79. The maximum Gasteiger partial charge on any atom is 0.338 e. The number of carbonyl (C=O) groups excluding carboxylic acids is 1. The Morgan fingerprint density at radius 2 is 1.70 bits per heavy atom. The van der Waals surface area contributed by atoms with Crippen molar-refractivity contribution in [3.63, 3.8) is 0 Å². The SMILES string of the molecule is CN(C)C1CCC(OC(=O)c2ccc(N)cc2)CC1.Cl. The van der Waals surface area contributed by atoms with E-state index >= 15 is 0 Å². The lowest BCUT2D eigenvalue weighted by molar-refractivity contribution is 0.0143. The van der Waals surface area contributed by atoms with Crippen LogP contribution in [0, 0.1) is 0 Å². The number of carbonyl (C=O) groups is 1. The number of nitrogens with zero attached hydrogens (tertiary/aromatic N) is 1. The van der Waals surface area contributed by atoms with Gasteiger partial charge >= 0.3 is 5.97 Å². The van der Waals surface area contributed by atoms with Crippen LogP contribution in [0.3, 0.4) is 0 Å². The van der Waals surface area contributed by atoms with Gasteiger partial charge in [-0.15, -0.1) is 12.4 Å². The lowest BCUT2D eigenvalue weighted by Crippen LogP contribution is -2.35. The molecule has 0 spiro atoms. The zero-order valence-corrected chi connectivity index (χ0v) is 12.9. The summed E-state index contributed by atoms with van der Waals surface area (Å²) in [4.78, 5) is 14.2. The Morgan fingerprint density at radius 3 is 2.20 bits per heavy atom. The first kappa shape index (κ1) is 16.8. The van der Waals surface area contributed by atoms with Crippen LogP contribution in [-0.2, 0) is 4.74 Å². The third-order valence-electron chi connectivity index (χ3n) is 3.79. The minimum atomic E-state index is -0.242. The van der Waals surface area contributed by atoms with Crippen LogP contribution < -0.4 is 5.73 Å². The summed E-state index contributed by atoms with van der Waals surface area (Å²) in [6.07, 6.45) is 4.13. The lowest BCUT2D eigenvalue weighted by Gasteiger charge is -2.32. The zero-order chi connectivity index (χ0) is 13.8. The number of ether oxygens (including phenoxy) is 1. The van der Waals surface area contributed by atoms with Crippen molar-refractivity contribution in [2.45, 2.75) is 37.8 Å². The van der Waals surface area contributed by atoms with Gasteiger partial charge in [-0.2, -0.15) is 0 Å². The van der Waals surface area contributed by atoms with Crippen LogP contribution in [-0.4, -0.2) is 37.1 Å². The second kappa shape index (κ2) is 7.50. The molecule has 1 fully saturated rings. The number of esters is 1. The molecule has 0 aliphatic heterocycles. The van der Waals surface area contributed by atoms with Crippen LogP contribution in [0.4, 0.5) is 5.69 Å². The molecule has 0 amide bonds. The molecule has 4 nitrogen and oxygen atoms in total. The predicted octanol–water partition coefficient (Wildman–Crippen LogP) is 2.72. The Bertz CT molecular complexity index is 426. The van der Waals surface area contributed by atoms with Crippen molar-refractivity contribution in [3.8, 4) is 0 Å². The minimum absolute atomic E-state index is 0. The molecule has 2 rings (SSSR count). The third kappa shape index (κ3) is 4.39. The first-order chi connectivity index (χ1) is 9.06. The Hall–Kier alpha value is -1.26. The van der Waals surface area contributed by atoms with Crippen LogP contribution in [0.1, 0.15) is 36.0 Å². The molecule has 112 valence electrons. The number of halogens is 1. The molecule has 20 heavy (non-hydrogen) atoms. The van der Waals surface area contributed by atoms with E-state index in [-0.39, 0.29) is 24.5 Å². The van der Waals surface area contributed by atoms with E-state index in [0.29, 0.717) is 17.3 Å². The monoisotopic (exact) mass is 298 g/mol. The van der Waals surface area contributed by atoms with E-state index in [1.165, 1.54) is 0 Å². The number of benzene rings is 1. The summed E-state index contributed by atoms with van der Waals surface area (Å²) >= 11 is 0. The summed E-state index contributed by atoms with van der Waals surface area (Å²) in [6, 6.07) is 7.48. The highest BCUT2D eigenvalue weighted by atomic mass is 35.5. The predicted molar refractivity (Wildman–Crippen MR) is 83.2 cm³/mol. The molecule has 0 unspecified atom stereocenters. The van der Waals surface area contributed by atoms with E-state index in [9.17, 15) is 4.79 Å². The zero-order valence-electron chi connectivity index (χ0n) is 12.0. The van der Waals surface area contributed by atoms with E-state index in [2.05, 4.69) is 19.0 Å². The fourth-order valence-corrected chi connectivity index (χ4v) is 2.52. The maximum atomic E-state index is 12.0. The maximum absolute atomic E-state index is 12.0. The summed E-state index contributed by atoms with van der Waals surface area (Å²) in [5, 5.41) is 0. The Balaban J connectivity index is 0.00000200. The normalized spacial score (nSPS) is 22.1. The molecule has 1 saturated carbocycles. The topological polar surface area (TPSA) is 55.6 Å². The average Bonchev–Trinajstić information content (AvgIpc) is 2.40. The summed E-state index contributed by atoms with van der Waals surface area (Å²) < 4.78 is 5.55. The van der Waals surface area contributed by atoms with Gasteiger partial charge in [0.2, 0.25) is 0 Å². The summed E-state index contributed by atoms with van der Waals surface area (Å²) in [5.41, 5.74) is 6.83. The van der Waals surface area contributed by atoms with E-state index in [1.54, 1.807) is 24.3 Å². The van der Waals surface area contributed by atoms with Gasteiger partial charge in [-0.25, -0.2) is 4.79 Å². The van der Waals surface area contributed by atoms with Gasteiger partial charge < -0.3 is 15.4 Å². The van der Waals surface area contributed by atoms with Crippen LogP contribution in [0.2, 0.25) is 0 Å². The molecule has 0 atom stereocenters. The molecule has 1 aromatic rings. The van der Waals surface area contributed by atoms with E-state index < -0.39 is 0 Å². The second-order valence-corrected chi connectivity index (χ2v) is 5.42. The Morgan fingerprint density at radius 1 is 1.15 bits per heavy atom. The number of nitrogen functional groups attached to an aromatic ring is 1. The van der Waals surface area contributed by atoms with Gasteiger partial charge in [0.15, 0.2) is 0 Å². The molecule has 1 aliphatic rings. The molecule has 0 radical (unpaired) electrons. The standard InChI is InChI=1S/C15H22N2O2.ClH/c1-17(2)13-7-9-14(10-8-13)19-15(18)11-3-5-12(16)6-4-11;/h3-6,13-14H,7-10,16H2,1-2H3;1H. The highest BCUT2D eigenvalue weighted by Gasteiger charge is 2.25. The average molecular weight is 299 g/mol. The molecule has 0 heterocycles. The van der Waals surface area contributed by atoms with Crippen molar-refractivity contribution in [2.24, 2.45) is 0 Å². The summed E-state index contributed by atoms with van der Waals surface area (Å²) in [6.45, 7) is 0. The first-order valence-electron chi connectivity index (χ1n) is 6.79. The van der Waals surface area contributed by atoms with Crippen molar-refractivity contribution in [3.05, 3.63) is 29.8 Å². The highest BCUT2D eigenvalue weighted by Crippen LogP contribution is 2.24. The molecular formula is C15H23ClN2O2. The number of anilines is 1. The largest absolute Gasteiger partial charge is 0.459 e. The van der Waals surface area contributed by atoms with Crippen LogP contribution in [0.15, 0.2) is 24.3 Å². The Labute approximate surface area is 126 Å². The quantitative estimate of drug-likeness (QED) is 0.688. The van der Waals surface area contributed by atoms with Gasteiger partial charge in [0.05, 0.1) is 5.56 Å². The minimum Gasteiger partial charge on any atom is -0.459 e. The molecular weight excluding hydrogens is 276 g/mol. The third-order valence-corrected chi connectivity index (χ3v) is 3.79. The van der Waals surface area contributed by atoms with Crippen molar-refractivity contribution in [1.82, 2.24) is 4.90 Å². The fourth-order valence-electron chi connectivity index (χ4n) is 2.52. The van der Waals surface area contributed by atoms with Crippen molar-refractivity contribution in [1.29, 1.82) is 0 Å². The number of nitrogens with two attached hydrogens (primary N) is 1. The summed E-state index contributed by atoms with van der Waals surface area (Å²) in [7, 11) is 4.21. The molecule has 5 heteroatoms. The van der Waals surface area contributed by atoms with Crippen molar-refractivity contribution >= 4 is 24.1 Å². The van der Waals surface area contributed by atoms with Gasteiger partial charge in [0, 0.05) is 11.7 Å². The highest BCUT2D eigenvalue weighted by molar-refractivity contribution is 5.89. The molecule has 1 aliphatic carbocycles. The van der Waals surface area contributed by atoms with Gasteiger partial charge in [-0.1, -0.05) is 0 Å². The van der Waals surface area contributed by atoms with Crippen LogP contribution in [0.25, 0.3) is 0 Å². The van der Waals surface area contributed by atoms with Crippen molar-refractivity contribution < 1.29 is 9.53 Å². The van der Waals surface area contributed by atoms with E-state index in [0.717, 1.165) is 25.7 Å². The number of rotatable bonds is 3. The fraction of sp³-hybridized carbons (Fsp3) is 0.533. The smallest absolute Gasteiger partial charge is 0.338 e. The van der Waals surface area contributed by atoms with Gasteiger partial charge in [-0.3, -0.25) is 0 Å². The van der Waals surface area contributed by atoms with Crippen molar-refractivity contribution in [2.75, 3.05) is 19.8 Å². The van der Waals surface area contributed by atoms with Crippen LogP contribution in [0.5, 0.6) is 0 Å². The second-order valence-electron chi connectivity index (χ2n) is 5.42. The van der Waals surface area contributed by atoms with Crippen LogP contribution >= 0.6 is 12.4 Å². The number of hydrogen-bond acceptors (Lipinski definition) is 4. The Kier molecular flexibility index (Phi) is 6.30. The van der Waals surface area contributed by atoms with Gasteiger partial charge in [0.25, 0.3) is 0 Å². The molecule has 2 N–H and O–H groups in total. The molecule has 0 bridgehead atoms. The molecule has 0 aromatic heterocycles. The van der Waals surface area contributed by atoms with Gasteiger partial charge in [0.1, 0.15) is 6.10 Å². The summed E-state index contributed by atoms with van der Waals surface area (Å²) in [5.74, 6) is -0.242. The van der Waals surface area contributed by atoms with E-state index in [1.807, 2.05) is 0 Å².